The zero-order valence-electron chi connectivity index (χ0n) is 13.6. The van der Waals surface area contributed by atoms with E-state index in [0.717, 1.165) is 10.9 Å². The van der Waals surface area contributed by atoms with Crippen molar-refractivity contribution in [3.05, 3.63) is 36.0 Å². The van der Waals surface area contributed by atoms with Gasteiger partial charge < -0.3 is 20.7 Å². The van der Waals surface area contributed by atoms with Gasteiger partial charge in [-0.2, -0.15) is 0 Å². The highest BCUT2D eigenvalue weighted by atomic mass is 16.3. The third kappa shape index (κ3) is 4.32. The number of nitrogens with one attached hydrogen (secondary N) is 3. The maximum atomic E-state index is 12.1. The number of aromatic nitrogens is 1. The molecule has 1 unspecified atom stereocenters. The summed E-state index contributed by atoms with van der Waals surface area (Å²) in [4.78, 5) is 26.8. The third-order valence-electron chi connectivity index (χ3n) is 4.07. The summed E-state index contributed by atoms with van der Waals surface area (Å²) in [6.45, 7) is 5.43. The Morgan fingerprint density at radius 2 is 1.96 bits per heavy atom. The van der Waals surface area contributed by atoms with Crippen molar-refractivity contribution < 1.29 is 14.7 Å². The third-order valence-corrected chi connectivity index (χ3v) is 4.07. The lowest BCUT2D eigenvalue weighted by Gasteiger charge is -2.27. The van der Waals surface area contributed by atoms with Crippen LogP contribution in [0, 0.1) is 5.92 Å². The first kappa shape index (κ1) is 17.0. The predicted octanol–water partition coefficient (Wildman–Crippen LogP) is 1.42. The number of amides is 2. The highest BCUT2D eigenvalue weighted by Gasteiger charge is 2.25. The van der Waals surface area contributed by atoms with Crippen molar-refractivity contribution in [3.8, 4) is 0 Å². The van der Waals surface area contributed by atoms with Gasteiger partial charge in [-0.05, 0) is 25.0 Å². The second kappa shape index (κ2) is 6.83. The minimum atomic E-state index is -0.975. The van der Waals surface area contributed by atoms with E-state index in [2.05, 4.69) is 15.6 Å². The first-order valence-electron chi connectivity index (χ1n) is 7.64. The fraction of sp³-hybridized carbons (Fsp3) is 0.412. The molecule has 0 fully saturated rings. The lowest BCUT2D eigenvalue weighted by Crippen LogP contribution is -2.47. The number of rotatable bonds is 6. The van der Waals surface area contributed by atoms with E-state index in [0.29, 0.717) is 5.69 Å². The van der Waals surface area contributed by atoms with Crippen molar-refractivity contribution >= 4 is 22.7 Å². The summed E-state index contributed by atoms with van der Waals surface area (Å²) in [5, 5.41) is 16.2. The standard InChI is InChI=1S/C17H23N3O3/c1-11(2)17(3,23)10-19-15(21)9-18-16(22)14-8-12-6-4-5-7-13(12)20-14/h4-8,11,20,23H,9-10H2,1-3H3,(H,18,22)(H,19,21). The van der Waals surface area contributed by atoms with Crippen LogP contribution in [0.5, 0.6) is 0 Å². The first-order chi connectivity index (χ1) is 10.8. The lowest BCUT2D eigenvalue weighted by molar-refractivity contribution is -0.121. The molecule has 0 radical (unpaired) electrons. The largest absolute Gasteiger partial charge is 0.388 e. The zero-order valence-corrected chi connectivity index (χ0v) is 13.6. The van der Waals surface area contributed by atoms with Crippen LogP contribution in [0.3, 0.4) is 0 Å². The normalized spacial score (nSPS) is 13.8. The van der Waals surface area contributed by atoms with Crippen molar-refractivity contribution in [2.24, 2.45) is 5.92 Å². The average molecular weight is 317 g/mol. The molecule has 1 aromatic carbocycles. The molecule has 124 valence electrons. The smallest absolute Gasteiger partial charge is 0.268 e. The van der Waals surface area contributed by atoms with Crippen LogP contribution < -0.4 is 10.6 Å². The Balaban J connectivity index is 1.85. The minimum Gasteiger partial charge on any atom is -0.388 e. The van der Waals surface area contributed by atoms with E-state index >= 15 is 0 Å². The van der Waals surface area contributed by atoms with Crippen LogP contribution in [0.1, 0.15) is 31.3 Å². The van der Waals surface area contributed by atoms with Crippen LogP contribution in [-0.4, -0.2) is 40.6 Å². The van der Waals surface area contributed by atoms with Crippen LogP contribution >= 0.6 is 0 Å². The van der Waals surface area contributed by atoms with Crippen molar-refractivity contribution in [2.75, 3.05) is 13.1 Å². The number of carbonyl (C=O) groups is 2. The molecule has 0 spiro atoms. The van der Waals surface area contributed by atoms with Crippen molar-refractivity contribution in [3.63, 3.8) is 0 Å². The number of para-hydroxylation sites is 1. The van der Waals surface area contributed by atoms with Gasteiger partial charge in [0, 0.05) is 17.4 Å². The van der Waals surface area contributed by atoms with Gasteiger partial charge in [-0.25, -0.2) is 0 Å². The van der Waals surface area contributed by atoms with E-state index in [1.165, 1.54) is 0 Å². The first-order valence-corrected chi connectivity index (χ1v) is 7.64. The summed E-state index contributed by atoms with van der Waals surface area (Å²) in [5.74, 6) is -0.661. The number of hydrogen-bond donors (Lipinski definition) is 4. The molecule has 6 nitrogen and oxygen atoms in total. The van der Waals surface area contributed by atoms with Gasteiger partial charge in [0.1, 0.15) is 5.69 Å². The van der Waals surface area contributed by atoms with E-state index in [1.807, 2.05) is 38.1 Å². The Hall–Kier alpha value is -2.34. The average Bonchev–Trinajstić information content (AvgIpc) is 2.94. The molecular formula is C17H23N3O3. The van der Waals surface area contributed by atoms with Crippen molar-refractivity contribution in [2.45, 2.75) is 26.4 Å². The minimum absolute atomic E-state index is 0.0174. The van der Waals surface area contributed by atoms with Gasteiger partial charge in [-0.15, -0.1) is 0 Å². The number of aromatic amines is 1. The molecule has 4 N–H and O–H groups in total. The summed E-state index contributed by atoms with van der Waals surface area (Å²) in [6, 6.07) is 9.31. The van der Waals surface area contributed by atoms with E-state index in [1.54, 1.807) is 13.0 Å². The zero-order chi connectivity index (χ0) is 17.0. The molecule has 0 bridgehead atoms. The molecule has 0 saturated heterocycles. The van der Waals surface area contributed by atoms with Gasteiger partial charge in [0.25, 0.3) is 5.91 Å². The summed E-state index contributed by atoms with van der Waals surface area (Å²) in [5.41, 5.74) is 0.305. The molecule has 0 aliphatic rings. The maximum absolute atomic E-state index is 12.1. The van der Waals surface area contributed by atoms with Crippen LogP contribution in [0.4, 0.5) is 0 Å². The van der Waals surface area contributed by atoms with E-state index < -0.39 is 5.60 Å². The van der Waals surface area contributed by atoms with Gasteiger partial charge >= 0.3 is 0 Å². The fourth-order valence-corrected chi connectivity index (χ4v) is 2.00. The molecule has 0 aliphatic carbocycles. The molecule has 1 heterocycles. The van der Waals surface area contributed by atoms with Crippen LogP contribution in [-0.2, 0) is 4.79 Å². The maximum Gasteiger partial charge on any atom is 0.268 e. The molecule has 1 aromatic heterocycles. The fourth-order valence-electron chi connectivity index (χ4n) is 2.00. The highest BCUT2D eigenvalue weighted by molar-refractivity contribution is 5.99. The Morgan fingerprint density at radius 3 is 2.61 bits per heavy atom. The molecule has 0 aliphatic heterocycles. The van der Waals surface area contributed by atoms with Crippen molar-refractivity contribution in [1.82, 2.24) is 15.6 Å². The summed E-state index contributed by atoms with van der Waals surface area (Å²) in [7, 11) is 0. The summed E-state index contributed by atoms with van der Waals surface area (Å²) < 4.78 is 0. The van der Waals surface area contributed by atoms with Crippen LogP contribution in [0.15, 0.2) is 30.3 Å². The number of hydrogen-bond acceptors (Lipinski definition) is 3. The molecule has 1 atom stereocenters. The van der Waals surface area contributed by atoms with Gasteiger partial charge in [-0.3, -0.25) is 9.59 Å². The molecule has 2 aromatic rings. The second-order valence-electron chi connectivity index (χ2n) is 6.24. The number of aliphatic hydroxyl groups is 1. The number of H-pyrrole nitrogens is 1. The Bertz CT molecular complexity index is 671. The van der Waals surface area contributed by atoms with Gasteiger partial charge in [0.15, 0.2) is 0 Å². The van der Waals surface area contributed by atoms with E-state index in [9.17, 15) is 14.7 Å². The van der Waals surface area contributed by atoms with Gasteiger partial charge in [-0.1, -0.05) is 32.0 Å². The molecule has 0 saturated carbocycles. The molecule has 6 heteroatoms. The lowest BCUT2D eigenvalue weighted by atomic mass is 9.92. The topological polar surface area (TPSA) is 94.2 Å². The molecule has 23 heavy (non-hydrogen) atoms. The van der Waals surface area contributed by atoms with E-state index in [-0.39, 0.29) is 30.8 Å². The highest BCUT2D eigenvalue weighted by Crippen LogP contribution is 2.15. The summed E-state index contributed by atoms with van der Waals surface area (Å²) in [6.07, 6.45) is 0. The molecular weight excluding hydrogens is 294 g/mol. The Kier molecular flexibility index (Phi) is 5.05. The SMILES string of the molecule is CC(C)C(C)(O)CNC(=O)CNC(=O)c1cc2ccccc2[nH]1. The second-order valence-corrected chi connectivity index (χ2v) is 6.24. The molecule has 2 amide bonds. The van der Waals surface area contributed by atoms with E-state index in [4.69, 9.17) is 0 Å². The Labute approximate surface area is 135 Å². The van der Waals surface area contributed by atoms with Crippen molar-refractivity contribution in [1.29, 1.82) is 0 Å². The quantitative estimate of drug-likeness (QED) is 0.649. The van der Waals surface area contributed by atoms with Gasteiger partial charge in [0.2, 0.25) is 5.91 Å². The Morgan fingerprint density at radius 1 is 1.26 bits per heavy atom. The predicted molar refractivity (Wildman–Crippen MR) is 89.1 cm³/mol. The monoisotopic (exact) mass is 317 g/mol. The molecule has 2 rings (SSSR count). The number of fused-ring (bicyclic) bond motifs is 1. The summed E-state index contributed by atoms with van der Waals surface area (Å²) >= 11 is 0. The van der Waals surface area contributed by atoms with Gasteiger partial charge in [0.05, 0.1) is 12.1 Å². The number of benzene rings is 1. The van der Waals surface area contributed by atoms with Crippen LogP contribution in [0.25, 0.3) is 10.9 Å². The number of carbonyl (C=O) groups excluding carboxylic acids is 2. The van der Waals surface area contributed by atoms with Crippen LogP contribution in [0.2, 0.25) is 0 Å².